The second-order valence-electron chi connectivity index (χ2n) is 6.82. The molecule has 0 bridgehead atoms. The van der Waals surface area contributed by atoms with E-state index in [-0.39, 0.29) is 11.9 Å². The van der Waals surface area contributed by atoms with E-state index in [9.17, 15) is 4.79 Å². The molecule has 0 radical (unpaired) electrons. The van der Waals surface area contributed by atoms with Gasteiger partial charge in [0.2, 0.25) is 5.91 Å². The largest absolute Gasteiger partial charge is 0.358 e. The van der Waals surface area contributed by atoms with Gasteiger partial charge < -0.3 is 10.3 Å². The van der Waals surface area contributed by atoms with Crippen LogP contribution in [-0.2, 0) is 17.6 Å². The standard InChI is InChI=1S/C22H22N2O/c1-15-7-11-20-19(13-15)18-10-9-17(14-21(18)24-20)23-22(25)12-8-16-5-3-2-4-6-16/h2-8,11-13,17,24H,9-10,14H2,1H3,(H,23,25)/b12-8+. The molecule has 3 nitrogen and oxygen atoms in total. The molecule has 2 aromatic carbocycles. The smallest absolute Gasteiger partial charge is 0.244 e. The Bertz CT molecular complexity index is 937. The fraction of sp³-hybridized carbons (Fsp3) is 0.227. The van der Waals surface area contributed by atoms with E-state index in [0.717, 1.165) is 24.8 Å². The molecule has 1 unspecified atom stereocenters. The van der Waals surface area contributed by atoms with Crippen molar-refractivity contribution in [2.45, 2.75) is 32.2 Å². The molecule has 1 aliphatic carbocycles. The Morgan fingerprint density at radius 1 is 1.20 bits per heavy atom. The molecule has 3 aromatic rings. The molecule has 2 N–H and O–H groups in total. The predicted octanol–water partition coefficient (Wildman–Crippen LogP) is 4.16. The van der Waals surface area contributed by atoms with Crippen LogP contribution >= 0.6 is 0 Å². The topological polar surface area (TPSA) is 44.9 Å². The third-order valence-electron chi connectivity index (χ3n) is 4.92. The number of amides is 1. The number of aryl methyl sites for hydroxylation is 2. The van der Waals surface area contributed by atoms with Gasteiger partial charge in [0.25, 0.3) is 0 Å². The van der Waals surface area contributed by atoms with E-state index in [0.29, 0.717) is 0 Å². The first-order valence-electron chi connectivity index (χ1n) is 8.83. The van der Waals surface area contributed by atoms with Gasteiger partial charge in [-0.15, -0.1) is 0 Å². The number of aromatic nitrogens is 1. The Morgan fingerprint density at radius 2 is 2.04 bits per heavy atom. The van der Waals surface area contributed by atoms with Gasteiger partial charge in [-0.1, -0.05) is 42.0 Å². The van der Waals surface area contributed by atoms with Crippen LogP contribution in [0.15, 0.2) is 54.6 Å². The summed E-state index contributed by atoms with van der Waals surface area (Å²) >= 11 is 0. The van der Waals surface area contributed by atoms with Crippen LogP contribution in [0.2, 0.25) is 0 Å². The Kier molecular flexibility index (Phi) is 4.14. The van der Waals surface area contributed by atoms with Gasteiger partial charge in [0.1, 0.15) is 0 Å². The minimum atomic E-state index is -0.0238. The summed E-state index contributed by atoms with van der Waals surface area (Å²) < 4.78 is 0. The van der Waals surface area contributed by atoms with Gasteiger partial charge in [-0.05, 0) is 49.1 Å². The van der Waals surface area contributed by atoms with E-state index in [4.69, 9.17) is 0 Å². The number of H-pyrrole nitrogens is 1. The van der Waals surface area contributed by atoms with Crippen molar-refractivity contribution in [2.75, 3.05) is 0 Å². The molecule has 3 heteroatoms. The van der Waals surface area contributed by atoms with Crippen LogP contribution in [0, 0.1) is 6.92 Å². The summed E-state index contributed by atoms with van der Waals surface area (Å²) in [5, 5.41) is 4.48. The third-order valence-corrected chi connectivity index (χ3v) is 4.92. The minimum absolute atomic E-state index is 0.0238. The number of nitrogens with one attached hydrogen (secondary N) is 2. The highest BCUT2D eigenvalue weighted by atomic mass is 16.1. The lowest BCUT2D eigenvalue weighted by Crippen LogP contribution is -2.37. The number of fused-ring (bicyclic) bond motifs is 3. The summed E-state index contributed by atoms with van der Waals surface area (Å²) in [7, 11) is 0. The van der Waals surface area contributed by atoms with Crippen LogP contribution in [0.25, 0.3) is 17.0 Å². The van der Waals surface area contributed by atoms with E-state index in [1.165, 1.54) is 27.7 Å². The molecule has 126 valence electrons. The van der Waals surface area contributed by atoms with Gasteiger partial charge in [-0.3, -0.25) is 4.79 Å². The molecule has 0 aliphatic heterocycles. The Balaban J connectivity index is 1.45. The van der Waals surface area contributed by atoms with Crippen molar-refractivity contribution in [1.29, 1.82) is 0 Å². The van der Waals surface area contributed by atoms with E-state index < -0.39 is 0 Å². The minimum Gasteiger partial charge on any atom is -0.358 e. The quantitative estimate of drug-likeness (QED) is 0.696. The van der Waals surface area contributed by atoms with Crippen molar-refractivity contribution in [1.82, 2.24) is 10.3 Å². The molecule has 0 spiro atoms. The van der Waals surface area contributed by atoms with Crippen LogP contribution in [0.4, 0.5) is 0 Å². The van der Waals surface area contributed by atoms with Crippen molar-refractivity contribution in [2.24, 2.45) is 0 Å². The molecule has 4 rings (SSSR count). The predicted molar refractivity (Wildman–Crippen MR) is 102 cm³/mol. The zero-order chi connectivity index (χ0) is 17.2. The molecule has 0 fully saturated rings. The highest BCUT2D eigenvalue weighted by Crippen LogP contribution is 2.29. The summed E-state index contributed by atoms with van der Waals surface area (Å²) in [6.07, 6.45) is 6.34. The summed E-state index contributed by atoms with van der Waals surface area (Å²) in [6.45, 7) is 2.13. The number of rotatable bonds is 3. The molecule has 0 saturated heterocycles. The lowest BCUT2D eigenvalue weighted by atomic mass is 9.91. The van der Waals surface area contributed by atoms with E-state index in [1.807, 2.05) is 36.4 Å². The second-order valence-corrected chi connectivity index (χ2v) is 6.82. The first kappa shape index (κ1) is 15.7. The number of aromatic amines is 1. The van der Waals surface area contributed by atoms with Crippen molar-refractivity contribution in [3.05, 3.63) is 77.0 Å². The van der Waals surface area contributed by atoms with Crippen molar-refractivity contribution >= 4 is 22.9 Å². The lowest BCUT2D eigenvalue weighted by molar-refractivity contribution is -0.117. The van der Waals surface area contributed by atoms with Gasteiger partial charge in [0, 0.05) is 35.1 Å². The fourth-order valence-electron chi connectivity index (χ4n) is 3.65. The van der Waals surface area contributed by atoms with Gasteiger partial charge in [-0.2, -0.15) is 0 Å². The molecule has 1 heterocycles. The van der Waals surface area contributed by atoms with Crippen molar-refractivity contribution < 1.29 is 4.79 Å². The van der Waals surface area contributed by atoms with Crippen LogP contribution in [0.3, 0.4) is 0 Å². The van der Waals surface area contributed by atoms with Gasteiger partial charge in [0.15, 0.2) is 0 Å². The Hall–Kier alpha value is -2.81. The molecule has 1 aliphatic rings. The first-order chi connectivity index (χ1) is 12.2. The van der Waals surface area contributed by atoms with Crippen molar-refractivity contribution in [3.8, 4) is 0 Å². The summed E-state index contributed by atoms with van der Waals surface area (Å²) in [5.74, 6) is -0.0238. The average molecular weight is 330 g/mol. The lowest BCUT2D eigenvalue weighted by Gasteiger charge is -2.23. The summed E-state index contributed by atoms with van der Waals surface area (Å²) in [6, 6.07) is 16.6. The van der Waals surface area contributed by atoms with E-state index >= 15 is 0 Å². The summed E-state index contributed by atoms with van der Waals surface area (Å²) in [5.41, 5.74) is 6.21. The molecule has 1 atom stereocenters. The van der Waals surface area contributed by atoms with E-state index in [2.05, 4.69) is 35.4 Å². The van der Waals surface area contributed by atoms with Crippen LogP contribution < -0.4 is 5.32 Å². The first-order valence-corrected chi connectivity index (χ1v) is 8.83. The van der Waals surface area contributed by atoms with Crippen LogP contribution in [0.5, 0.6) is 0 Å². The average Bonchev–Trinajstić information content (AvgIpc) is 2.98. The molecule has 1 aromatic heterocycles. The molecule has 25 heavy (non-hydrogen) atoms. The third kappa shape index (κ3) is 3.36. The number of carbonyl (C=O) groups excluding carboxylic acids is 1. The number of hydrogen-bond acceptors (Lipinski definition) is 1. The molecular formula is C22H22N2O. The van der Waals surface area contributed by atoms with Crippen LogP contribution in [-0.4, -0.2) is 16.9 Å². The number of hydrogen-bond donors (Lipinski definition) is 2. The number of carbonyl (C=O) groups is 1. The highest BCUT2D eigenvalue weighted by Gasteiger charge is 2.23. The van der Waals surface area contributed by atoms with Crippen LogP contribution in [0.1, 0.15) is 28.8 Å². The number of benzene rings is 2. The normalized spacial score (nSPS) is 16.9. The zero-order valence-corrected chi connectivity index (χ0v) is 14.4. The SMILES string of the molecule is Cc1ccc2[nH]c3c(c2c1)CCC(NC(=O)/C=C/c1ccccc1)C3. The maximum absolute atomic E-state index is 12.2. The molecule has 1 amide bonds. The van der Waals surface area contributed by atoms with E-state index in [1.54, 1.807) is 6.08 Å². The van der Waals surface area contributed by atoms with Gasteiger partial charge >= 0.3 is 0 Å². The fourth-order valence-corrected chi connectivity index (χ4v) is 3.65. The van der Waals surface area contributed by atoms with Crippen molar-refractivity contribution in [3.63, 3.8) is 0 Å². The Morgan fingerprint density at radius 3 is 2.88 bits per heavy atom. The summed E-state index contributed by atoms with van der Waals surface area (Å²) in [4.78, 5) is 15.7. The maximum atomic E-state index is 12.2. The maximum Gasteiger partial charge on any atom is 0.244 e. The highest BCUT2D eigenvalue weighted by molar-refractivity contribution is 5.92. The van der Waals surface area contributed by atoms with Gasteiger partial charge in [-0.25, -0.2) is 0 Å². The Labute approximate surface area is 147 Å². The molecular weight excluding hydrogens is 308 g/mol. The molecule has 0 saturated carbocycles. The zero-order valence-electron chi connectivity index (χ0n) is 14.4. The van der Waals surface area contributed by atoms with Gasteiger partial charge in [0.05, 0.1) is 0 Å². The monoisotopic (exact) mass is 330 g/mol. The second kappa shape index (κ2) is 6.60.